The number of aromatic nitrogens is 4. The van der Waals surface area contributed by atoms with Crippen LogP contribution < -0.4 is 14.4 Å². The lowest BCUT2D eigenvalue weighted by atomic mass is 9.93. The average Bonchev–Trinajstić information content (AvgIpc) is 3.65. The van der Waals surface area contributed by atoms with Crippen LogP contribution in [0.5, 0.6) is 5.88 Å². The molecule has 3 fully saturated rings. The van der Waals surface area contributed by atoms with Crippen LogP contribution in [-0.4, -0.2) is 71.5 Å². The van der Waals surface area contributed by atoms with Gasteiger partial charge >= 0.3 is 0 Å². The van der Waals surface area contributed by atoms with E-state index in [-0.39, 0.29) is 11.7 Å². The Balaban J connectivity index is 1.28. The van der Waals surface area contributed by atoms with Crippen molar-refractivity contribution in [2.75, 3.05) is 31.2 Å². The van der Waals surface area contributed by atoms with Crippen molar-refractivity contribution < 1.29 is 22.7 Å². The molecule has 1 N–H and O–H groups in total. The van der Waals surface area contributed by atoms with Crippen LogP contribution in [0.1, 0.15) is 54.9 Å². The van der Waals surface area contributed by atoms with Gasteiger partial charge in [-0.25, -0.2) is 18.1 Å². The molecule has 0 aromatic carbocycles. The lowest BCUT2D eigenvalue weighted by molar-refractivity contribution is 0.0981. The lowest BCUT2D eigenvalue weighted by Crippen LogP contribution is -2.37. The number of carbonyl (C=O) groups excluding carboxylic acids is 1. The van der Waals surface area contributed by atoms with Crippen LogP contribution in [0.25, 0.3) is 10.9 Å². The summed E-state index contributed by atoms with van der Waals surface area (Å²) in [6.07, 6.45) is 11.8. The number of imidazole rings is 1. The molecule has 3 aromatic rings. The van der Waals surface area contributed by atoms with Gasteiger partial charge in [-0.2, -0.15) is 4.98 Å². The number of ether oxygens (including phenoxy) is 2. The fourth-order valence-corrected chi connectivity index (χ4v) is 6.30. The lowest BCUT2D eigenvalue weighted by Gasteiger charge is -2.31. The first kappa shape index (κ1) is 24.1. The molecule has 1 aliphatic heterocycles. The second-order valence-electron chi connectivity index (χ2n) is 9.91. The largest absolute Gasteiger partial charge is 0.474 e. The maximum Gasteiger partial charge on any atom is 0.266 e. The molecule has 37 heavy (non-hydrogen) atoms. The quantitative estimate of drug-likeness (QED) is 0.494. The van der Waals surface area contributed by atoms with Crippen molar-refractivity contribution in [2.45, 2.75) is 55.9 Å². The number of hydrogen-bond donors (Lipinski definition) is 1. The van der Waals surface area contributed by atoms with Gasteiger partial charge < -0.3 is 18.9 Å². The fourth-order valence-electron chi connectivity index (χ4n) is 5.00. The molecule has 12 heteroatoms. The first-order valence-electron chi connectivity index (χ1n) is 12.8. The van der Waals surface area contributed by atoms with E-state index in [1.54, 1.807) is 12.3 Å². The Morgan fingerprint density at radius 2 is 1.86 bits per heavy atom. The minimum Gasteiger partial charge on any atom is -0.474 e. The molecule has 6 rings (SSSR count). The van der Waals surface area contributed by atoms with Gasteiger partial charge in [-0.3, -0.25) is 9.78 Å². The van der Waals surface area contributed by atoms with Crippen molar-refractivity contribution in [3.05, 3.63) is 42.6 Å². The third kappa shape index (κ3) is 5.26. The van der Waals surface area contributed by atoms with Gasteiger partial charge in [0.1, 0.15) is 11.9 Å². The molecule has 3 aromatic heterocycles. The average molecular weight is 527 g/mol. The zero-order valence-corrected chi connectivity index (χ0v) is 21.3. The summed E-state index contributed by atoms with van der Waals surface area (Å²) >= 11 is 0. The number of hydrogen-bond acceptors (Lipinski definition) is 9. The van der Waals surface area contributed by atoms with Crippen LogP contribution in [0.15, 0.2) is 37.1 Å². The number of anilines is 1. The van der Waals surface area contributed by atoms with Gasteiger partial charge in [-0.05, 0) is 44.6 Å². The van der Waals surface area contributed by atoms with Crippen molar-refractivity contribution in [2.24, 2.45) is 0 Å². The molecule has 0 atom stereocenters. The Labute approximate surface area is 215 Å². The highest BCUT2D eigenvalue weighted by Crippen LogP contribution is 2.34. The molecule has 0 radical (unpaired) electrons. The molecule has 11 nitrogen and oxygen atoms in total. The van der Waals surface area contributed by atoms with Crippen LogP contribution >= 0.6 is 0 Å². The number of rotatable bonds is 7. The second-order valence-corrected chi connectivity index (χ2v) is 11.9. The maximum absolute atomic E-state index is 12.8. The Morgan fingerprint density at radius 1 is 1.08 bits per heavy atom. The van der Waals surface area contributed by atoms with Crippen LogP contribution in [0, 0.1) is 0 Å². The van der Waals surface area contributed by atoms with Crippen molar-refractivity contribution in [3.63, 3.8) is 0 Å². The van der Waals surface area contributed by atoms with Gasteiger partial charge in [0, 0.05) is 43.8 Å². The molecule has 2 saturated carbocycles. The predicted octanol–water partition coefficient (Wildman–Crippen LogP) is 2.45. The molecular formula is C25H30N6O5S. The molecule has 1 saturated heterocycles. The number of fused-ring (bicyclic) bond motifs is 1. The summed E-state index contributed by atoms with van der Waals surface area (Å²) < 4.78 is 40.9. The first-order chi connectivity index (χ1) is 18.0. The second kappa shape index (κ2) is 9.90. The van der Waals surface area contributed by atoms with E-state index < -0.39 is 21.2 Å². The van der Waals surface area contributed by atoms with E-state index in [2.05, 4.69) is 24.2 Å². The predicted molar refractivity (Wildman–Crippen MR) is 136 cm³/mol. The molecule has 2 aliphatic carbocycles. The monoisotopic (exact) mass is 526 g/mol. The summed E-state index contributed by atoms with van der Waals surface area (Å²) in [7, 11) is -3.66. The van der Waals surface area contributed by atoms with E-state index in [1.165, 1.54) is 6.20 Å². The van der Waals surface area contributed by atoms with E-state index in [1.807, 2.05) is 18.6 Å². The van der Waals surface area contributed by atoms with Gasteiger partial charge in [0.15, 0.2) is 0 Å². The van der Waals surface area contributed by atoms with Gasteiger partial charge in [0.2, 0.25) is 15.9 Å². The van der Waals surface area contributed by atoms with Gasteiger partial charge in [-0.1, -0.05) is 0 Å². The third-order valence-electron chi connectivity index (χ3n) is 7.29. The normalized spacial score (nSPS) is 22.6. The minimum absolute atomic E-state index is 0.0249. The molecular weight excluding hydrogens is 496 g/mol. The maximum atomic E-state index is 12.8. The van der Waals surface area contributed by atoms with E-state index in [0.29, 0.717) is 62.0 Å². The molecule has 0 spiro atoms. The zero-order valence-electron chi connectivity index (χ0n) is 20.5. The van der Waals surface area contributed by atoms with Crippen molar-refractivity contribution in [1.82, 2.24) is 24.2 Å². The number of sulfonamides is 1. The summed E-state index contributed by atoms with van der Waals surface area (Å²) in [5.41, 5.74) is 0.798. The van der Waals surface area contributed by atoms with Gasteiger partial charge in [0.25, 0.3) is 5.91 Å². The highest BCUT2D eigenvalue weighted by atomic mass is 32.2. The number of pyridine rings is 2. The molecule has 196 valence electrons. The van der Waals surface area contributed by atoms with E-state index in [0.717, 1.165) is 31.5 Å². The number of nitrogens with zero attached hydrogens (tertiary/aromatic N) is 5. The summed E-state index contributed by atoms with van der Waals surface area (Å²) in [6.45, 7) is 2.67. The van der Waals surface area contributed by atoms with Crippen molar-refractivity contribution >= 4 is 32.7 Å². The summed E-state index contributed by atoms with van der Waals surface area (Å²) in [5, 5.41) is 0.101. The number of morpholine rings is 1. The Bertz CT molecular complexity index is 1380. The highest BCUT2D eigenvalue weighted by molar-refractivity contribution is 7.91. The highest BCUT2D eigenvalue weighted by Gasteiger charge is 2.37. The van der Waals surface area contributed by atoms with E-state index >= 15 is 0 Å². The summed E-state index contributed by atoms with van der Waals surface area (Å²) in [6, 6.07) is 3.91. The van der Waals surface area contributed by atoms with E-state index in [4.69, 9.17) is 14.5 Å². The van der Waals surface area contributed by atoms with Gasteiger partial charge in [0.05, 0.1) is 41.3 Å². The molecule has 3 aliphatic rings. The molecule has 1 amide bonds. The first-order valence-corrected chi connectivity index (χ1v) is 14.3. The van der Waals surface area contributed by atoms with Crippen LogP contribution in [0.2, 0.25) is 0 Å². The Morgan fingerprint density at radius 3 is 2.57 bits per heavy atom. The molecule has 0 bridgehead atoms. The Hall–Kier alpha value is -3.25. The third-order valence-corrected chi connectivity index (χ3v) is 9.11. The van der Waals surface area contributed by atoms with Crippen LogP contribution in [0.4, 0.5) is 5.82 Å². The van der Waals surface area contributed by atoms with Gasteiger partial charge in [-0.15, -0.1) is 0 Å². The Kier molecular flexibility index (Phi) is 6.45. The standard InChI is InChI=1S/C25H30N6O5S/c32-24(29-37(33,34)20-5-6-20)17-13-21-22(27-15-17)14-23(30-9-11-35-12-10-30)28-25(21)36-19-3-1-18(2-4-19)31-8-7-26-16-31/h7-8,13-16,18-20H,1-6,9-12H2,(H,29,32)/t18-,19+. The summed E-state index contributed by atoms with van der Waals surface area (Å²) in [5.74, 6) is 0.474. The van der Waals surface area contributed by atoms with Crippen molar-refractivity contribution in [1.29, 1.82) is 0 Å². The topological polar surface area (TPSA) is 129 Å². The zero-order chi connectivity index (χ0) is 25.4. The smallest absolute Gasteiger partial charge is 0.266 e. The summed E-state index contributed by atoms with van der Waals surface area (Å²) in [4.78, 5) is 28.4. The van der Waals surface area contributed by atoms with E-state index in [9.17, 15) is 13.2 Å². The number of nitrogens with one attached hydrogen (secondary N) is 1. The fraction of sp³-hybridized carbons (Fsp3) is 0.520. The molecule has 4 heterocycles. The number of amides is 1. The van der Waals surface area contributed by atoms with Crippen LogP contribution in [0.3, 0.4) is 0 Å². The minimum atomic E-state index is -3.66. The number of carbonyl (C=O) groups is 1. The SMILES string of the molecule is O=C(NS(=O)(=O)C1CC1)c1cnc2cc(N3CCOCC3)nc(O[C@H]3CC[C@@H](n4ccnc4)CC3)c2c1. The molecule has 0 unspecified atom stereocenters. The van der Waals surface area contributed by atoms with Crippen molar-refractivity contribution in [3.8, 4) is 5.88 Å². The van der Waals surface area contributed by atoms with Crippen LogP contribution in [-0.2, 0) is 14.8 Å².